The van der Waals surface area contributed by atoms with Gasteiger partial charge in [-0.3, -0.25) is 4.90 Å². The van der Waals surface area contributed by atoms with E-state index in [9.17, 15) is 0 Å². The highest BCUT2D eigenvalue weighted by atomic mass is 15.2. The van der Waals surface area contributed by atoms with Crippen molar-refractivity contribution in [1.29, 1.82) is 0 Å². The SMILES string of the molecule is NC1CCN(CC2C=CC=CN2)C1. The molecule has 3 nitrogen and oxygen atoms in total. The summed E-state index contributed by atoms with van der Waals surface area (Å²) < 4.78 is 0. The molecular formula is C10H17N3. The average molecular weight is 179 g/mol. The van der Waals surface area contributed by atoms with E-state index in [1.165, 1.54) is 0 Å². The van der Waals surface area contributed by atoms with Crippen molar-refractivity contribution < 1.29 is 0 Å². The molecule has 2 heterocycles. The summed E-state index contributed by atoms with van der Waals surface area (Å²) in [6.07, 6.45) is 9.46. The van der Waals surface area contributed by atoms with Crippen LogP contribution < -0.4 is 11.1 Å². The normalized spacial score (nSPS) is 33.6. The second kappa shape index (κ2) is 3.94. The third-order valence-electron chi connectivity index (χ3n) is 2.62. The van der Waals surface area contributed by atoms with Gasteiger partial charge < -0.3 is 11.1 Å². The van der Waals surface area contributed by atoms with Crippen LogP contribution in [0, 0.1) is 0 Å². The lowest BCUT2D eigenvalue weighted by Gasteiger charge is -2.22. The molecule has 2 atom stereocenters. The van der Waals surface area contributed by atoms with Gasteiger partial charge in [-0.2, -0.15) is 0 Å². The largest absolute Gasteiger partial charge is 0.383 e. The second-order valence-electron chi connectivity index (χ2n) is 3.83. The van der Waals surface area contributed by atoms with Crippen molar-refractivity contribution in [3.8, 4) is 0 Å². The maximum Gasteiger partial charge on any atom is 0.0569 e. The smallest absolute Gasteiger partial charge is 0.0569 e. The molecule has 13 heavy (non-hydrogen) atoms. The molecule has 0 amide bonds. The fourth-order valence-corrected chi connectivity index (χ4v) is 1.91. The Kier molecular flexibility index (Phi) is 2.66. The summed E-state index contributed by atoms with van der Waals surface area (Å²) in [6.45, 7) is 3.28. The topological polar surface area (TPSA) is 41.3 Å². The van der Waals surface area contributed by atoms with E-state index in [1.807, 2.05) is 12.3 Å². The Hall–Kier alpha value is -0.800. The predicted octanol–water partition coefficient (Wildman–Crippen LogP) is 0.0611. The summed E-state index contributed by atoms with van der Waals surface area (Å²) in [5, 5.41) is 3.31. The van der Waals surface area contributed by atoms with Crippen LogP contribution in [-0.4, -0.2) is 36.6 Å². The Morgan fingerprint density at radius 2 is 2.38 bits per heavy atom. The maximum absolute atomic E-state index is 5.84. The molecule has 0 aliphatic carbocycles. The third kappa shape index (κ3) is 2.32. The number of dihydropyridines is 1. The Morgan fingerprint density at radius 3 is 3.00 bits per heavy atom. The van der Waals surface area contributed by atoms with Crippen molar-refractivity contribution in [1.82, 2.24) is 10.2 Å². The molecule has 72 valence electrons. The van der Waals surface area contributed by atoms with Crippen molar-refractivity contribution in [3.63, 3.8) is 0 Å². The van der Waals surface area contributed by atoms with Crippen molar-refractivity contribution in [2.24, 2.45) is 5.73 Å². The van der Waals surface area contributed by atoms with Gasteiger partial charge in [0.05, 0.1) is 6.04 Å². The minimum absolute atomic E-state index is 0.392. The van der Waals surface area contributed by atoms with Crippen molar-refractivity contribution in [2.45, 2.75) is 18.5 Å². The Labute approximate surface area is 79.3 Å². The Bertz CT molecular complexity index is 222. The standard InChI is InChI=1S/C10H17N3/c11-9-4-6-13(7-9)8-10-3-1-2-5-12-10/h1-3,5,9-10,12H,4,6-8,11H2. The molecular weight excluding hydrogens is 162 g/mol. The molecule has 0 spiro atoms. The first-order valence-electron chi connectivity index (χ1n) is 4.92. The summed E-state index contributed by atoms with van der Waals surface area (Å²) in [4.78, 5) is 2.42. The molecule has 2 aliphatic rings. The van der Waals surface area contributed by atoms with E-state index in [2.05, 4.69) is 22.4 Å². The highest BCUT2D eigenvalue weighted by molar-refractivity contribution is 5.12. The number of likely N-dealkylation sites (tertiary alicyclic amines) is 1. The molecule has 3 heteroatoms. The lowest BCUT2D eigenvalue weighted by molar-refractivity contribution is 0.315. The number of nitrogens with one attached hydrogen (secondary N) is 1. The number of rotatable bonds is 2. The van der Waals surface area contributed by atoms with Crippen LogP contribution in [0.5, 0.6) is 0 Å². The van der Waals surface area contributed by atoms with E-state index in [0.29, 0.717) is 12.1 Å². The summed E-state index contributed by atoms with van der Waals surface area (Å²) in [5.74, 6) is 0. The summed E-state index contributed by atoms with van der Waals surface area (Å²) in [6, 6.07) is 0.860. The summed E-state index contributed by atoms with van der Waals surface area (Å²) >= 11 is 0. The van der Waals surface area contributed by atoms with Crippen molar-refractivity contribution >= 4 is 0 Å². The first-order valence-corrected chi connectivity index (χ1v) is 4.92. The number of hydrogen-bond acceptors (Lipinski definition) is 3. The molecule has 0 aromatic heterocycles. The van der Waals surface area contributed by atoms with Gasteiger partial charge in [-0.25, -0.2) is 0 Å². The summed E-state index contributed by atoms with van der Waals surface area (Å²) in [5.41, 5.74) is 5.84. The highest BCUT2D eigenvalue weighted by Crippen LogP contribution is 2.08. The maximum atomic E-state index is 5.84. The quantitative estimate of drug-likeness (QED) is 0.630. The highest BCUT2D eigenvalue weighted by Gasteiger charge is 2.20. The first kappa shape index (κ1) is 8.78. The molecule has 0 saturated carbocycles. The van der Waals surface area contributed by atoms with Crippen LogP contribution in [0.15, 0.2) is 24.4 Å². The van der Waals surface area contributed by atoms with E-state index < -0.39 is 0 Å². The molecule has 1 saturated heterocycles. The van der Waals surface area contributed by atoms with Crippen LogP contribution in [0.1, 0.15) is 6.42 Å². The fourth-order valence-electron chi connectivity index (χ4n) is 1.91. The summed E-state index contributed by atoms with van der Waals surface area (Å²) in [7, 11) is 0. The molecule has 2 aliphatic heterocycles. The van der Waals surface area contributed by atoms with E-state index in [-0.39, 0.29) is 0 Å². The minimum atomic E-state index is 0.392. The molecule has 0 aromatic rings. The number of hydrogen-bond donors (Lipinski definition) is 2. The van der Waals surface area contributed by atoms with Crippen molar-refractivity contribution in [2.75, 3.05) is 19.6 Å². The van der Waals surface area contributed by atoms with E-state index in [1.54, 1.807) is 0 Å². The van der Waals surface area contributed by atoms with Crippen LogP contribution in [-0.2, 0) is 0 Å². The van der Waals surface area contributed by atoms with E-state index >= 15 is 0 Å². The number of allylic oxidation sites excluding steroid dienone is 2. The second-order valence-corrected chi connectivity index (χ2v) is 3.83. The van der Waals surface area contributed by atoms with Crippen LogP contribution >= 0.6 is 0 Å². The van der Waals surface area contributed by atoms with Crippen LogP contribution in [0.3, 0.4) is 0 Å². The molecule has 0 aromatic carbocycles. The average Bonchev–Trinajstić information content (AvgIpc) is 2.53. The van der Waals surface area contributed by atoms with Gasteiger partial charge in [-0.1, -0.05) is 12.2 Å². The predicted molar refractivity (Wildman–Crippen MR) is 54.2 cm³/mol. The Balaban J connectivity index is 1.78. The molecule has 0 radical (unpaired) electrons. The lowest BCUT2D eigenvalue weighted by atomic mass is 10.2. The van der Waals surface area contributed by atoms with Gasteiger partial charge in [0, 0.05) is 19.1 Å². The van der Waals surface area contributed by atoms with Gasteiger partial charge in [-0.15, -0.1) is 0 Å². The van der Waals surface area contributed by atoms with Crippen LogP contribution in [0.2, 0.25) is 0 Å². The van der Waals surface area contributed by atoms with Gasteiger partial charge >= 0.3 is 0 Å². The van der Waals surface area contributed by atoms with Gasteiger partial charge in [0.25, 0.3) is 0 Å². The molecule has 3 N–H and O–H groups in total. The van der Waals surface area contributed by atoms with Crippen LogP contribution in [0.4, 0.5) is 0 Å². The zero-order chi connectivity index (χ0) is 9.10. The first-order chi connectivity index (χ1) is 6.34. The van der Waals surface area contributed by atoms with Gasteiger partial charge in [0.2, 0.25) is 0 Å². The zero-order valence-corrected chi connectivity index (χ0v) is 7.82. The van der Waals surface area contributed by atoms with E-state index in [4.69, 9.17) is 5.73 Å². The lowest BCUT2D eigenvalue weighted by Crippen LogP contribution is -2.38. The molecule has 2 rings (SSSR count). The number of nitrogens with zero attached hydrogens (tertiary/aromatic N) is 1. The number of nitrogens with two attached hydrogens (primary N) is 1. The van der Waals surface area contributed by atoms with Crippen LogP contribution in [0.25, 0.3) is 0 Å². The monoisotopic (exact) mass is 179 g/mol. The molecule has 1 fully saturated rings. The zero-order valence-electron chi connectivity index (χ0n) is 7.82. The Morgan fingerprint density at radius 1 is 1.46 bits per heavy atom. The van der Waals surface area contributed by atoms with Gasteiger partial charge in [0.15, 0.2) is 0 Å². The van der Waals surface area contributed by atoms with Gasteiger partial charge in [-0.05, 0) is 25.2 Å². The fraction of sp³-hybridized carbons (Fsp3) is 0.600. The minimum Gasteiger partial charge on any atom is -0.383 e. The van der Waals surface area contributed by atoms with Gasteiger partial charge in [0.1, 0.15) is 0 Å². The van der Waals surface area contributed by atoms with Crippen molar-refractivity contribution in [3.05, 3.63) is 24.4 Å². The van der Waals surface area contributed by atoms with E-state index in [0.717, 1.165) is 26.1 Å². The third-order valence-corrected chi connectivity index (χ3v) is 2.62. The molecule has 0 bridgehead atoms. The molecule has 2 unspecified atom stereocenters.